The summed E-state index contributed by atoms with van der Waals surface area (Å²) in [6, 6.07) is 21.1. The van der Waals surface area contributed by atoms with Gasteiger partial charge in [-0.15, -0.1) is 10.2 Å². The Morgan fingerprint density at radius 2 is 1.78 bits per heavy atom. The van der Waals surface area contributed by atoms with Crippen LogP contribution in [0.1, 0.15) is 35.8 Å². The first-order valence-corrected chi connectivity index (χ1v) is 13.3. The molecule has 184 valence electrons. The molecular weight excluding hydrogens is 518 g/mol. The topological polar surface area (TPSA) is 59.8 Å². The molecule has 1 heterocycles. The number of nitrogens with one attached hydrogen (secondary N) is 1. The maximum atomic E-state index is 13.4. The quantitative estimate of drug-likeness (QED) is 0.237. The maximum absolute atomic E-state index is 13.4. The number of hydrogen-bond donors (Lipinski definition) is 1. The molecule has 5 rings (SSSR count). The molecule has 36 heavy (non-hydrogen) atoms. The molecule has 1 N–H and O–H groups in total. The van der Waals surface area contributed by atoms with E-state index in [-0.39, 0.29) is 17.6 Å². The number of aromatic nitrogens is 3. The molecule has 1 aliphatic rings. The van der Waals surface area contributed by atoms with Crippen molar-refractivity contribution in [1.29, 1.82) is 0 Å². The van der Waals surface area contributed by atoms with Gasteiger partial charge in [-0.25, -0.2) is 4.39 Å². The smallest absolute Gasteiger partial charge is 0.223 e. The highest BCUT2D eigenvalue weighted by Gasteiger charge is 2.33. The van der Waals surface area contributed by atoms with E-state index >= 15 is 0 Å². The van der Waals surface area contributed by atoms with Gasteiger partial charge in [0.2, 0.25) is 5.91 Å². The molecule has 1 fully saturated rings. The fourth-order valence-electron chi connectivity index (χ4n) is 3.91. The minimum atomic E-state index is -0.417. The second-order valence-corrected chi connectivity index (χ2v) is 10.5. The molecule has 4 aromatic rings. The fraction of sp³-hybridized carbons (Fsp3) is 0.222. The molecule has 0 radical (unpaired) electrons. The molecule has 0 spiro atoms. The van der Waals surface area contributed by atoms with Crippen LogP contribution in [0.2, 0.25) is 10.0 Å². The van der Waals surface area contributed by atoms with E-state index in [1.54, 1.807) is 24.3 Å². The van der Waals surface area contributed by atoms with Crippen LogP contribution in [-0.2, 0) is 17.0 Å². The lowest BCUT2D eigenvalue weighted by Crippen LogP contribution is -2.33. The van der Waals surface area contributed by atoms with Crippen LogP contribution in [0.5, 0.6) is 0 Å². The van der Waals surface area contributed by atoms with E-state index in [2.05, 4.69) is 15.5 Å². The largest absolute Gasteiger partial charge is 0.345 e. The van der Waals surface area contributed by atoms with Crippen LogP contribution >= 0.6 is 35.0 Å². The van der Waals surface area contributed by atoms with Gasteiger partial charge in [0.15, 0.2) is 11.0 Å². The number of nitrogens with zero attached hydrogens (tertiary/aromatic N) is 3. The van der Waals surface area contributed by atoms with Crippen LogP contribution in [0.4, 0.5) is 4.39 Å². The summed E-state index contributed by atoms with van der Waals surface area (Å²) in [7, 11) is 0. The van der Waals surface area contributed by atoms with E-state index in [0.29, 0.717) is 38.9 Å². The molecule has 0 bridgehead atoms. The van der Waals surface area contributed by atoms with Crippen LogP contribution in [-0.4, -0.2) is 20.7 Å². The summed E-state index contributed by atoms with van der Waals surface area (Å²) in [6.45, 7) is 0. The fourth-order valence-corrected chi connectivity index (χ4v) is 5.31. The Bertz CT molecular complexity index is 1360. The summed E-state index contributed by atoms with van der Waals surface area (Å²) >= 11 is 14.3. The zero-order valence-electron chi connectivity index (χ0n) is 19.2. The van der Waals surface area contributed by atoms with Gasteiger partial charge in [-0.2, -0.15) is 0 Å². The van der Waals surface area contributed by atoms with Crippen molar-refractivity contribution in [2.75, 3.05) is 0 Å². The number of amides is 1. The van der Waals surface area contributed by atoms with E-state index in [1.807, 2.05) is 41.0 Å². The van der Waals surface area contributed by atoms with Crippen molar-refractivity contribution < 1.29 is 9.18 Å². The van der Waals surface area contributed by atoms with Gasteiger partial charge in [-0.3, -0.25) is 9.36 Å². The van der Waals surface area contributed by atoms with Crippen molar-refractivity contribution in [2.45, 2.75) is 36.2 Å². The lowest BCUT2D eigenvalue weighted by Gasteiger charge is -2.21. The molecule has 1 saturated carbocycles. The first-order valence-electron chi connectivity index (χ1n) is 11.6. The molecule has 0 saturated heterocycles. The molecule has 0 aliphatic heterocycles. The number of rotatable bonds is 9. The second-order valence-electron chi connectivity index (χ2n) is 8.71. The van der Waals surface area contributed by atoms with E-state index < -0.39 is 6.04 Å². The van der Waals surface area contributed by atoms with Gasteiger partial charge in [0, 0.05) is 16.7 Å². The summed E-state index contributed by atoms with van der Waals surface area (Å²) in [5, 5.41) is 13.8. The summed E-state index contributed by atoms with van der Waals surface area (Å²) in [5.74, 6) is 0.928. The van der Waals surface area contributed by atoms with E-state index in [9.17, 15) is 9.18 Å². The van der Waals surface area contributed by atoms with Gasteiger partial charge < -0.3 is 5.32 Å². The minimum Gasteiger partial charge on any atom is -0.345 e. The maximum Gasteiger partial charge on any atom is 0.223 e. The minimum absolute atomic E-state index is 0.0215. The SMILES string of the molecule is O=C(NC(Cc1ccccc1)c1nnc(SCc2ccc(F)cc2)n1-c1ccc(Cl)cc1Cl)C1CC1. The van der Waals surface area contributed by atoms with Crippen molar-refractivity contribution in [3.8, 4) is 5.69 Å². The highest BCUT2D eigenvalue weighted by atomic mass is 35.5. The van der Waals surface area contributed by atoms with Gasteiger partial charge in [-0.05, 0) is 60.7 Å². The molecule has 1 aromatic heterocycles. The van der Waals surface area contributed by atoms with Crippen molar-refractivity contribution in [3.63, 3.8) is 0 Å². The van der Waals surface area contributed by atoms with Crippen molar-refractivity contribution >= 4 is 40.9 Å². The molecule has 1 atom stereocenters. The first kappa shape index (κ1) is 24.8. The summed E-state index contributed by atoms with van der Waals surface area (Å²) < 4.78 is 15.2. The Balaban J connectivity index is 1.54. The number of carbonyl (C=O) groups is 1. The highest BCUT2D eigenvalue weighted by Crippen LogP contribution is 2.34. The second kappa shape index (κ2) is 11.0. The van der Waals surface area contributed by atoms with Gasteiger partial charge in [0.05, 0.1) is 16.8 Å². The molecular formula is C27H23Cl2FN4OS. The molecule has 3 aromatic carbocycles. The van der Waals surface area contributed by atoms with Gasteiger partial charge in [-0.1, -0.05) is 77.4 Å². The molecule has 5 nitrogen and oxygen atoms in total. The molecule has 1 amide bonds. The predicted molar refractivity (Wildman–Crippen MR) is 141 cm³/mol. The van der Waals surface area contributed by atoms with E-state index in [0.717, 1.165) is 24.0 Å². The first-order chi connectivity index (χ1) is 17.5. The number of halogens is 3. The standard InChI is InChI=1S/C27H23Cl2FN4OS/c28-20-10-13-24(22(29)15-20)34-25(32-33-27(34)36-16-18-6-11-21(30)12-7-18)23(31-26(35)19-8-9-19)14-17-4-2-1-3-5-17/h1-7,10-13,15,19,23H,8-9,14,16H2,(H,31,35). The average Bonchev–Trinajstić information content (AvgIpc) is 3.65. The van der Waals surface area contributed by atoms with Gasteiger partial charge in [0.1, 0.15) is 5.82 Å². The summed E-state index contributed by atoms with van der Waals surface area (Å²) in [6.07, 6.45) is 2.35. The van der Waals surface area contributed by atoms with Crippen LogP contribution in [0.25, 0.3) is 5.69 Å². The summed E-state index contributed by atoms with van der Waals surface area (Å²) in [4.78, 5) is 12.8. The molecule has 1 aliphatic carbocycles. The average molecular weight is 541 g/mol. The number of hydrogen-bond acceptors (Lipinski definition) is 4. The third-order valence-corrected chi connectivity index (χ3v) is 7.49. The normalized spacial score (nSPS) is 14.0. The highest BCUT2D eigenvalue weighted by molar-refractivity contribution is 7.98. The third kappa shape index (κ3) is 5.91. The zero-order chi connectivity index (χ0) is 25.1. The van der Waals surface area contributed by atoms with Crippen LogP contribution in [0.3, 0.4) is 0 Å². The number of benzene rings is 3. The number of thioether (sulfide) groups is 1. The lowest BCUT2D eigenvalue weighted by molar-refractivity contribution is -0.123. The van der Waals surface area contributed by atoms with Crippen molar-refractivity contribution in [2.24, 2.45) is 5.92 Å². The Hall–Kier alpha value is -2.87. The molecule has 1 unspecified atom stereocenters. The van der Waals surface area contributed by atoms with Crippen LogP contribution in [0.15, 0.2) is 78.0 Å². The zero-order valence-corrected chi connectivity index (χ0v) is 21.5. The van der Waals surface area contributed by atoms with Gasteiger partial charge in [0.25, 0.3) is 0 Å². The third-order valence-electron chi connectivity index (χ3n) is 5.95. The van der Waals surface area contributed by atoms with E-state index in [1.165, 1.54) is 23.9 Å². The Morgan fingerprint density at radius 1 is 1.03 bits per heavy atom. The van der Waals surface area contributed by atoms with Gasteiger partial charge >= 0.3 is 0 Å². The Morgan fingerprint density at radius 3 is 2.47 bits per heavy atom. The molecule has 9 heteroatoms. The van der Waals surface area contributed by atoms with Crippen LogP contribution < -0.4 is 5.32 Å². The number of carbonyl (C=O) groups excluding carboxylic acids is 1. The Kier molecular flexibility index (Phi) is 7.60. The summed E-state index contributed by atoms with van der Waals surface area (Å²) in [5.41, 5.74) is 2.68. The van der Waals surface area contributed by atoms with E-state index in [4.69, 9.17) is 23.2 Å². The van der Waals surface area contributed by atoms with Crippen LogP contribution in [0, 0.1) is 11.7 Å². The Labute approximate surface area is 223 Å². The monoisotopic (exact) mass is 540 g/mol. The van der Waals surface area contributed by atoms with Crippen molar-refractivity contribution in [3.05, 3.63) is 106 Å². The predicted octanol–water partition coefficient (Wildman–Crippen LogP) is 6.82. The van der Waals surface area contributed by atoms with Crippen molar-refractivity contribution in [1.82, 2.24) is 20.1 Å². The lowest BCUT2D eigenvalue weighted by atomic mass is 10.0.